The molecule has 0 aromatic carbocycles. The molecule has 0 spiro atoms. The van der Waals surface area contributed by atoms with Crippen molar-refractivity contribution >= 4 is 5.97 Å². The molecule has 5 atom stereocenters. The molecule has 60 valence electrons. The number of hydrogen-bond acceptors (Lipinski definition) is 2. The van der Waals surface area contributed by atoms with Crippen molar-refractivity contribution in [2.75, 3.05) is 0 Å². The van der Waals surface area contributed by atoms with Crippen LogP contribution in [0.2, 0.25) is 0 Å². The second kappa shape index (κ2) is 1.62. The van der Waals surface area contributed by atoms with Crippen LogP contribution in [0.5, 0.6) is 0 Å². The summed E-state index contributed by atoms with van der Waals surface area (Å²) < 4.78 is 5.27. The van der Waals surface area contributed by atoms with E-state index in [0.717, 1.165) is 12.3 Å². The minimum Gasteiger partial charge on any atom is -0.462 e. The molecule has 0 unspecified atom stereocenters. The molecule has 2 aliphatic carbocycles. The van der Waals surface area contributed by atoms with E-state index in [1.807, 2.05) is 0 Å². The maximum Gasteiger partial charge on any atom is 0.309 e. The van der Waals surface area contributed by atoms with E-state index in [4.69, 9.17) is 4.74 Å². The van der Waals surface area contributed by atoms with Crippen molar-refractivity contribution in [3.05, 3.63) is 0 Å². The molecule has 0 N–H and O–H groups in total. The second-order valence-electron chi connectivity index (χ2n) is 4.26. The van der Waals surface area contributed by atoms with Gasteiger partial charge in [-0.3, -0.25) is 4.79 Å². The smallest absolute Gasteiger partial charge is 0.309 e. The van der Waals surface area contributed by atoms with Gasteiger partial charge in [0.25, 0.3) is 0 Å². The first-order valence-electron chi connectivity index (χ1n) is 4.48. The van der Waals surface area contributed by atoms with Gasteiger partial charge in [-0.2, -0.15) is 0 Å². The normalized spacial score (nSPS) is 58.6. The summed E-state index contributed by atoms with van der Waals surface area (Å²) in [4.78, 5) is 11.3. The van der Waals surface area contributed by atoms with Crippen LogP contribution in [0.3, 0.4) is 0 Å². The molecule has 2 heteroatoms. The highest BCUT2D eigenvalue weighted by molar-refractivity contribution is 5.76. The summed E-state index contributed by atoms with van der Waals surface area (Å²) in [5, 5.41) is 0. The van der Waals surface area contributed by atoms with E-state index in [9.17, 15) is 4.79 Å². The van der Waals surface area contributed by atoms with Crippen LogP contribution in [0.4, 0.5) is 0 Å². The molecule has 2 nitrogen and oxygen atoms in total. The average Bonchev–Trinajstić information content (AvgIpc) is 2.47. The summed E-state index contributed by atoms with van der Waals surface area (Å²) in [6.45, 7) is 2.21. The quantitative estimate of drug-likeness (QED) is 0.487. The highest BCUT2D eigenvalue weighted by atomic mass is 16.6. The maximum atomic E-state index is 11.3. The first kappa shape index (κ1) is 6.04. The van der Waals surface area contributed by atoms with Crippen molar-refractivity contribution in [1.29, 1.82) is 0 Å². The van der Waals surface area contributed by atoms with Crippen LogP contribution >= 0.6 is 0 Å². The summed E-state index contributed by atoms with van der Waals surface area (Å²) in [5.74, 6) is 2.36. The highest BCUT2D eigenvalue weighted by Gasteiger charge is 2.60. The lowest BCUT2D eigenvalue weighted by Crippen LogP contribution is -2.23. The molecule has 1 saturated heterocycles. The Hall–Kier alpha value is -0.530. The van der Waals surface area contributed by atoms with E-state index < -0.39 is 0 Å². The third-order valence-corrected chi connectivity index (χ3v) is 3.90. The molecule has 3 aliphatic rings. The van der Waals surface area contributed by atoms with Crippen LogP contribution in [-0.2, 0) is 9.53 Å². The third kappa shape index (κ3) is 0.534. The topological polar surface area (TPSA) is 26.3 Å². The van der Waals surface area contributed by atoms with Gasteiger partial charge >= 0.3 is 5.97 Å². The second-order valence-corrected chi connectivity index (χ2v) is 4.26. The first-order chi connectivity index (χ1) is 5.27. The van der Waals surface area contributed by atoms with Gasteiger partial charge in [-0.25, -0.2) is 0 Å². The van der Waals surface area contributed by atoms with Gasteiger partial charge in [-0.05, 0) is 24.7 Å². The Kier molecular flexibility index (Phi) is 0.890. The number of rotatable bonds is 0. The zero-order chi connectivity index (χ0) is 7.59. The van der Waals surface area contributed by atoms with Gasteiger partial charge < -0.3 is 4.74 Å². The molecular weight excluding hydrogens is 140 g/mol. The van der Waals surface area contributed by atoms with E-state index >= 15 is 0 Å². The molecule has 0 amide bonds. The van der Waals surface area contributed by atoms with Crippen molar-refractivity contribution in [1.82, 2.24) is 0 Å². The zero-order valence-electron chi connectivity index (χ0n) is 6.62. The summed E-state index contributed by atoms with van der Waals surface area (Å²) in [6.07, 6.45) is 2.71. The molecule has 0 radical (unpaired) electrons. The molecule has 1 heterocycles. The van der Waals surface area contributed by atoms with E-state index in [2.05, 4.69) is 6.92 Å². The van der Waals surface area contributed by atoms with Crippen LogP contribution in [0.15, 0.2) is 0 Å². The lowest BCUT2D eigenvalue weighted by Gasteiger charge is -2.19. The van der Waals surface area contributed by atoms with Gasteiger partial charge in [0, 0.05) is 5.92 Å². The Morgan fingerprint density at radius 2 is 2.27 bits per heavy atom. The fourth-order valence-corrected chi connectivity index (χ4v) is 3.31. The minimum atomic E-state index is 0.0903. The van der Waals surface area contributed by atoms with Crippen molar-refractivity contribution < 1.29 is 9.53 Å². The van der Waals surface area contributed by atoms with Crippen molar-refractivity contribution in [3.63, 3.8) is 0 Å². The van der Waals surface area contributed by atoms with E-state index in [1.165, 1.54) is 6.42 Å². The molecule has 2 saturated carbocycles. The summed E-state index contributed by atoms with van der Waals surface area (Å²) in [7, 11) is 0. The number of hydrogen-bond donors (Lipinski definition) is 0. The predicted octanol–water partition coefficient (Wildman–Crippen LogP) is 1.20. The fraction of sp³-hybridized carbons (Fsp3) is 0.889. The van der Waals surface area contributed by atoms with Gasteiger partial charge in [0.1, 0.15) is 6.10 Å². The number of carbonyl (C=O) groups excluding carboxylic acids is 1. The van der Waals surface area contributed by atoms with E-state index in [-0.39, 0.29) is 11.9 Å². The Bertz CT molecular complexity index is 222. The van der Waals surface area contributed by atoms with Crippen LogP contribution in [0, 0.1) is 23.7 Å². The van der Waals surface area contributed by atoms with Crippen molar-refractivity contribution in [3.8, 4) is 0 Å². The molecule has 1 aliphatic heterocycles. The van der Waals surface area contributed by atoms with Gasteiger partial charge in [0.2, 0.25) is 0 Å². The van der Waals surface area contributed by atoms with Gasteiger partial charge in [0.15, 0.2) is 0 Å². The van der Waals surface area contributed by atoms with Gasteiger partial charge in [0.05, 0.1) is 5.92 Å². The molecule has 0 aromatic heterocycles. The number of ether oxygens (including phenoxy) is 1. The van der Waals surface area contributed by atoms with Crippen LogP contribution < -0.4 is 0 Å². The fourth-order valence-electron chi connectivity index (χ4n) is 3.31. The Labute approximate surface area is 65.9 Å². The SMILES string of the molecule is C[C@H]1[C@@H]2C[C@@H]3[C@@H]1C(=O)O[C@@H]3C2. The van der Waals surface area contributed by atoms with Crippen molar-refractivity contribution in [2.45, 2.75) is 25.9 Å². The molecule has 3 rings (SSSR count). The number of carbonyl (C=O) groups is 1. The Morgan fingerprint density at radius 1 is 1.45 bits per heavy atom. The van der Waals surface area contributed by atoms with E-state index in [0.29, 0.717) is 17.9 Å². The minimum absolute atomic E-state index is 0.0903. The standard InChI is InChI=1S/C9H12O2/c1-4-5-2-6-7(3-5)11-9(10)8(4)6/h4-8H,2-3H2,1H3/t4-,5+,6-,7+,8+/m0/s1. The lowest BCUT2D eigenvalue weighted by atomic mass is 9.81. The molecule has 11 heavy (non-hydrogen) atoms. The summed E-state index contributed by atoms with van der Waals surface area (Å²) >= 11 is 0. The third-order valence-electron chi connectivity index (χ3n) is 3.90. The highest BCUT2D eigenvalue weighted by Crippen LogP contribution is 2.57. The molecule has 0 aromatic rings. The van der Waals surface area contributed by atoms with Gasteiger partial charge in [-0.1, -0.05) is 6.92 Å². The van der Waals surface area contributed by atoms with Crippen LogP contribution in [0.1, 0.15) is 19.8 Å². The first-order valence-corrected chi connectivity index (χ1v) is 4.48. The number of esters is 1. The predicted molar refractivity (Wildman–Crippen MR) is 38.7 cm³/mol. The van der Waals surface area contributed by atoms with Crippen molar-refractivity contribution in [2.24, 2.45) is 23.7 Å². The largest absolute Gasteiger partial charge is 0.462 e. The summed E-state index contributed by atoms with van der Waals surface area (Å²) in [6, 6.07) is 0. The lowest BCUT2D eigenvalue weighted by molar-refractivity contribution is -0.143. The molecule has 3 fully saturated rings. The Balaban J connectivity index is 2.05. The zero-order valence-corrected chi connectivity index (χ0v) is 6.62. The molecular formula is C9H12O2. The van der Waals surface area contributed by atoms with Crippen LogP contribution in [-0.4, -0.2) is 12.1 Å². The van der Waals surface area contributed by atoms with E-state index in [1.54, 1.807) is 0 Å². The molecule has 2 bridgehead atoms. The van der Waals surface area contributed by atoms with Gasteiger partial charge in [-0.15, -0.1) is 0 Å². The van der Waals surface area contributed by atoms with Crippen LogP contribution in [0.25, 0.3) is 0 Å². The maximum absolute atomic E-state index is 11.3. The monoisotopic (exact) mass is 152 g/mol. The number of fused-ring (bicyclic) bond motifs is 1. The summed E-state index contributed by atoms with van der Waals surface area (Å²) in [5.41, 5.74) is 0. The average molecular weight is 152 g/mol. The Morgan fingerprint density at radius 3 is 2.91 bits per heavy atom.